The molecule has 7 nitrogen and oxygen atoms in total. The van der Waals surface area contributed by atoms with Crippen molar-refractivity contribution in [3.05, 3.63) is 34.9 Å². The van der Waals surface area contributed by atoms with Gasteiger partial charge in [-0.05, 0) is 17.7 Å². The molecule has 1 heterocycles. The molecule has 0 atom stereocenters. The molecule has 1 aromatic carbocycles. The van der Waals surface area contributed by atoms with Crippen molar-refractivity contribution in [3.8, 4) is 0 Å². The molecule has 0 unspecified atom stereocenters. The van der Waals surface area contributed by atoms with E-state index < -0.39 is 5.91 Å². The molecule has 0 saturated carbocycles. The summed E-state index contributed by atoms with van der Waals surface area (Å²) in [6, 6.07) is 7.30. The molecule has 124 valence electrons. The van der Waals surface area contributed by atoms with Gasteiger partial charge in [0.25, 0.3) is 0 Å². The van der Waals surface area contributed by atoms with E-state index in [4.69, 9.17) is 17.3 Å². The van der Waals surface area contributed by atoms with Crippen LogP contribution in [0, 0.1) is 0 Å². The number of hydrogen-bond donors (Lipinski definition) is 2. The second-order valence-corrected chi connectivity index (χ2v) is 5.67. The number of benzene rings is 1. The number of halogens is 1. The van der Waals surface area contributed by atoms with Crippen LogP contribution in [0.1, 0.15) is 5.56 Å². The SMILES string of the molecule is NCC(=O)NCC(=O)N1CCN(Cc2ccc(Cl)cc2)C(=O)C1. The Bertz CT molecular complexity index is 591. The van der Waals surface area contributed by atoms with E-state index in [9.17, 15) is 14.4 Å². The Kier molecular flexibility index (Phi) is 5.95. The minimum absolute atomic E-state index is 0.0188. The molecule has 1 saturated heterocycles. The summed E-state index contributed by atoms with van der Waals surface area (Å²) in [6.07, 6.45) is 0. The van der Waals surface area contributed by atoms with E-state index in [1.165, 1.54) is 4.90 Å². The molecule has 0 spiro atoms. The molecular formula is C15H19ClN4O3. The van der Waals surface area contributed by atoms with Crippen molar-refractivity contribution < 1.29 is 14.4 Å². The molecule has 1 fully saturated rings. The quantitative estimate of drug-likeness (QED) is 0.762. The highest BCUT2D eigenvalue weighted by Gasteiger charge is 2.27. The molecule has 3 N–H and O–H groups in total. The lowest BCUT2D eigenvalue weighted by Crippen LogP contribution is -2.53. The summed E-state index contributed by atoms with van der Waals surface area (Å²) in [4.78, 5) is 38.3. The van der Waals surface area contributed by atoms with Crippen LogP contribution in [-0.2, 0) is 20.9 Å². The predicted molar refractivity (Wildman–Crippen MR) is 85.5 cm³/mol. The van der Waals surface area contributed by atoms with Crippen LogP contribution in [0.15, 0.2) is 24.3 Å². The Hall–Kier alpha value is -2.12. The Morgan fingerprint density at radius 3 is 2.52 bits per heavy atom. The van der Waals surface area contributed by atoms with Crippen molar-refractivity contribution >= 4 is 29.3 Å². The fraction of sp³-hybridized carbons (Fsp3) is 0.400. The minimum atomic E-state index is -0.397. The average Bonchev–Trinajstić information content (AvgIpc) is 2.56. The van der Waals surface area contributed by atoms with Gasteiger partial charge in [-0.25, -0.2) is 0 Å². The van der Waals surface area contributed by atoms with E-state index in [0.29, 0.717) is 24.7 Å². The van der Waals surface area contributed by atoms with Crippen molar-refractivity contribution in [1.82, 2.24) is 15.1 Å². The van der Waals surface area contributed by atoms with Gasteiger partial charge in [0.2, 0.25) is 17.7 Å². The van der Waals surface area contributed by atoms with Gasteiger partial charge in [-0.3, -0.25) is 14.4 Å². The fourth-order valence-electron chi connectivity index (χ4n) is 2.26. The van der Waals surface area contributed by atoms with E-state index in [-0.39, 0.29) is 31.4 Å². The number of amides is 3. The third kappa shape index (κ3) is 4.94. The summed E-state index contributed by atoms with van der Waals surface area (Å²) < 4.78 is 0. The molecule has 0 aromatic heterocycles. The molecular weight excluding hydrogens is 320 g/mol. The summed E-state index contributed by atoms with van der Waals surface area (Å²) >= 11 is 5.84. The van der Waals surface area contributed by atoms with Gasteiger partial charge >= 0.3 is 0 Å². The lowest BCUT2D eigenvalue weighted by atomic mass is 10.2. The second kappa shape index (κ2) is 7.94. The average molecular weight is 339 g/mol. The number of carbonyl (C=O) groups excluding carboxylic acids is 3. The Morgan fingerprint density at radius 2 is 1.91 bits per heavy atom. The Balaban J connectivity index is 1.84. The molecule has 0 bridgehead atoms. The first kappa shape index (κ1) is 17.2. The number of hydrogen-bond acceptors (Lipinski definition) is 4. The van der Waals surface area contributed by atoms with Crippen molar-refractivity contribution in [2.45, 2.75) is 6.54 Å². The minimum Gasteiger partial charge on any atom is -0.346 e. The van der Waals surface area contributed by atoms with Crippen LogP contribution in [0.5, 0.6) is 0 Å². The standard InChI is InChI=1S/C15H19ClN4O3/c16-12-3-1-11(2-4-12)9-19-5-6-20(10-15(19)23)14(22)8-18-13(21)7-17/h1-4H,5-10,17H2,(H,18,21). The number of rotatable bonds is 5. The summed E-state index contributed by atoms with van der Waals surface area (Å²) in [5, 5.41) is 3.06. The van der Waals surface area contributed by atoms with Gasteiger partial charge in [-0.1, -0.05) is 23.7 Å². The normalized spacial score (nSPS) is 14.8. The van der Waals surface area contributed by atoms with E-state index in [1.807, 2.05) is 12.1 Å². The van der Waals surface area contributed by atoms with Crippen molar-refractivity contribution in [2.24, 2.45) is 5.73 Å². The smallest absolute Gasteiger partial charge is 0.242 e. The Morgan fingerprint density at radius 1 is 1.22 bits per heavy atom. The van der Waals surface area contributed by atoms with Gasteiger partial charge in [0.05, 0.1) is 19.6 Å². The summed E-state index contributed by atoms with van der Waals surface area (Å²) in [5.41, 5.74) is 6.14. The number of piperazine rings is 1. The highest BCUT2D eigenvalue weighted by Crippen LogP contribution is 2.13. The summed E-state index contributed by atoms with van der Waals surface area (Å²) in [6.45, 7) is 1.10. The fourth-order valence-corrected chi connectivity index (χ4v) is 2.38. The molecule has 23 heavy (non-hydrogen) atoms. The van der Waals surface area contributed by atoms with Gasteiger partial charge in [-0.2, -0.15) is 0 Å². The molecule has 0 aliphatic carbocycles. The predicted octanol–water partition coefficient (Wildman–Crippen LogP) is -0.414. The van der Waals surface area contributed by atoms with Crippen LogP contribution >= 0.6 is 11.6 Å². The number of carbonyl (C=O) groups is 3. The molecule has 1 aromatic rings. The second-order valence-electron chi connectivity index (χ2n) is 5.24. The molecule has 3 amide bonds. The van der Waals surface area contributed by atoms with Gasteiger partial charge in [0.15, 0.2) is 0 Å². The van der Waals surface area contributed by atoms with Crippen molar-refractivity contribution in [3.63, 3.8) is 0 Å². The van der Waals surface area contributed by atoms with E-state index in [0.717, 1.165) is 5.56 Å². The van der Waals surface area contributed by atoms with E-state index in [2.05, 4.69) is 5.32 Å². The highest BCUT2D eigenvalue weighted by atomic mass is 35.5. The van der Waals surface area contributed by atoms with E-state index in [1.54, 1.807) is 17.0 Å². The van der Waals surface area contributed by atoms with Crippen molar-refractivity contribution in [2.75, 3.05) is 32.7 Å². The van der Waals surface area contributed by atoms with Crippen LogP contribution in [0.25, 0.3) is 0 Å². The maximum absolute atomic E-state index is 12.2. The van der Waals surface area contributed by atoms with Crippen LogP contribution < -0.4 is 11.1 Å². The van der Waals surface area contributed by atoms with Crippen LogP contribution in [0.4, 0.5) is 0 Å². The first-order chi connectivity index (χ1) is 11.0. The van der Waals surface area contributed by atoms with Gasteiger partial charge in [-0.15, -0.1) is 0 Å². The van der Waals surface area contributed by atoms with Gasteiger partial charge in [0, 0.05) is 24.7 Å². The molecule has 0 radical (unpaired) electrons. The molecule has 1 aliphatic heterocycles. The largest absolute Gasteiger partial charge is 0.346 e. The van der Waals surface area contributed by atoms with E-state index >= 15 is 0 Å². The third-order valence-electron chi connectivity index (χ3n) is 3.58. The summed E-state index contributed by atoms with van der Waals surface area (Å²) in [5.74, 6) is -0.804. The van der Waals surface area contributed by atoms with Crippen LogP contribution in [0.3, 0.4) is 0 Å². The first-order valence-corrected chi connectivity index (χ1v) is 7.64. The maximum atomic E-state index is 12.2. The molecule has 8 heteroatoms. The van der Waals surface area contributed by atoms with Gasteiger partial charge in [0.1, 0.15) is 0 Å². The van der Waals surface area contributed by atoms with Crippen LogP contribution in [-0.4, -0.2) is 60.2 Å². The zero-order chi connectivity index (χ0) is 16.8. The Labute approximate surface area is 139 Å². The number of nitrogens with one attached hydrogen (secondary N) is 1. The lowest BCUT2D eigenvalue weighted by Gasteiger charge is -2.34. The van der Waals surface area contributed by atoms with Crippen molar-refractivity contribution in [1.29, 1.82) is 0 Å². The maximum Gasteiger partial charge on any atom is 0.242 e. The highest BCUT2D eigenvalue weighted by molar-refractivity contribution is 6.30. The molecule has 2 rings (SSSR count). The summed E-state index contributed by atoms with van der Waals surface area (Å²) in [7, 11) is 0. The first-order valence-electron chi connectivity index (χ1n) is 7.26. The zero-order valence-electron chi connectivity index (χ0n) is 12.6. The number of nitrogens with two attached hydrogens (primary N) is 1. The zero-order valence-corrected chi connectivity index (χ0v) is 13.4. The lowest BCUT2D eigenvalue weighted by molar-refractivity contribution is -0.145. The van der Waals surface area contributed by atoms with Crippen LogP contribution in [0.2, 0.25) is 5.02 Å². The monoisotopic (exact) mass is 338 g/mol. The van der Waals surface area contributed by atoms with Gasteiger partial charge < -0.3 is 20.9 Å². The molecule has 1 aliphatic rings. The third-order valence-corrected chi connectivity index (χ3v) is 3.83. The topological polar surface area (TPSA) is 95.7 Å². The number of nitrogens with zero attached hydrogens (tertiary/aromatic N) is 2.